The number of phenols is 1. The zero-order chi connectivity index (χ0) is 19.5. The van der Waals surface area contributed by atoms with E-state index in [4.69, 9.17) is 21.7 Å². The molecule has 0 aliphatic rings. The van der Waals surface area contributed by atoms with Crippen LogP contribution >= 0.6 is 0 Å². The van der Waals surface area contributed by atoms with Crippen LogP contribution in [0.25, 0.3) is 0 Å². The van der Waals surface area contributed by atoms with Gasteiger partial charge in [0.25, 0.3) is 0 Å². The van der Waals surface area contributed by atoms with Crippen LogP contribution in [0.1, 0.15) is 11.1 Å². The van der Waals surface area contributed by atoms with Crippen molar-refractivity contribution in [1.82, 2.24) is 0 Å². The number of esters is 1. The molecule has 0 bridgehead atoms. The fourth-order valence-electron chi connectivity index (χ4n) is 2.08. The number of nitrogens with two attached hydrogens (primary N) is 2. The lowest BCUT2D eigenvalue weighted by Crippen LogP contribution is -2.33. The number of methoxy groups -OCH3 is 1. The first-order valence-electron chi connectivity index (χ1n) is 7.97. The van der Waals surface area contributed by atoms with E-state index in [2.05, 4.69) is 4.74 Å². The van der Waals surface area contributed by atoms with Crippen molar-refractivity contribution < 1.29 is 24.5 Å². The van der Waals surface area contributed by atoms with Crippen molar-refractivity contribution in [3.05, 3.63) is 65.7 Å². The Kier molecular flexibility index (Phi) is 8.83. The largest absolute Gasteiger partial charge is 0.508 e. The van der Waals surface area contributed by atoms with Gasteiger partial charge in [-0.15, -0.1) is 0 Å². The highest BCUT2D eigenvalue weighted by molar-refractivity contribution is 5.75. The first-order chi connectivity index (χ1) is 12.3. The molecule has 0 amide bonds. The summed E-state index contributed by atoms with van der Waals surface area (Å²) in [7, 11) is 1.34. The molecule has 0 saturated heterocycles. The number of hydrogen-bond donors (Lipinski definition) is 4. The lowest BCUT2D eigenvalue weighted by atomic mass is 10.1. The van der Waals surface area contributed by atoms with Gasteiger partial charge in [0.1, 0.15) is 17.8 Å². The van der Waals surface area contributed by atoms with Crippen LogP contribution in [0.15, 0.2) is 54.6 Å². The minimum Gasteiger partial charge on any atom is -0.508 e. The smallest absolute Gasteiger partial charge is 0.322 e. The second-order valence-corrected chi connectivity index (χ2v) is 5.63. The Morgan fingerprint density at radius 3 is 1.92 bits per heavy atom. The average Bonchev–Trinajstić information content (AvgIpc) is 2.64. The summed E-state index contributed by atoms with van der Waals surface area (Å²) >= 11 is 0. The second kappa shape index (κ2) is 10.9. The minimum absolute atomic E-state index is 0.160. The van der Waals surface area contributed by atoms with Crippen molar-refractivity contribution in [3.63, 3.8) is 0 Å². The van der Waals surface area contributed by atoms with Gasteiger partial charge >= 0.3 is 11.9 Å². The Morgan fingerprint density at radius 1 is 0.923 bits per heavy atom. The topological polar surface area (TPSA) is 136 Å². The molecule has 2 unspecified atom stereocenters. The molecule has 2 aromatic carbocycles. The van der Waals surface area contributed by atoms with E-state index in [9.17, 15) is 9.59 Å². The van der Waals surface area contributed by atoms with Crippen molar-refractivity contribution in [2.24, 2.45) is 11.5 Å². The summed E-state index contributed by atoms with van der Waals surface area (Å²) in [6.07, 6.45) is 0.795. The van der Waals surface area contributed by atoms with Gasteiger partial charge in [-0.3, -0.25) is 9.59 Å². The summed E-state index contributed by atoms with van der Waals surface area (Å²) in [5.74, 6) is -1.23. The van der Waals surface area contributed by atoms with Crippen LogP contribution in [0.4, 0.5) is 0 Å². The molecule has 2 atom stereocenters. The van der Waals surface area contributed by atoms with E-state index >= 15 is 0 Å². The normalized spacial score (nSPS) is 12.3. The number of aromatic hydroxyl groups is 1. The van der Waals surface area contributed by atoms with Crippen molar-refractivity contribution in [1.29, 1.82) is 0 Å². The number of benzene rings is 2. The van der Waals surface area contributed by atoms with E-state index in [-0.39, 0.29) is 18.1 Å². The predicted molar refractivity (Wildman–Crippen MR) is 97.6 cm³/mol. The van der Waals surface area contributed by atoms with Crippen molar-refractivity contribution in [3.8, 4) is 5.75 Å². The third-order valence-electron chi connectivity index (χ3n) is 3.51. The van der Waals surface area contributed by atoms with Gasteiger partial charge in [-0.25, -0.2) is 0 Å². The van der Waals surface area contributed by atoms with E-state index in [0.29, 0.717) is 6.42 Å². The summed E-state index contributed by atoms with van der Waals surface area (Å²) in [5.41, 5.74) is 12.8. The van der Waals surface area contributed by atoms with Gasteiger partial charge in [0.05, 0.1) is 7.11 Å². The van der Waals surface area contributed by atoms with Gasteiger partial charge in [0, 0.05) is 0 Å². The average molecular weight is 360 g/mol. The van der Waals surface area contributed by atoms with Crippen LogP contribution in [-0.2, 0) is 27.2 Å². The van der Waals surface area contributed by atoms with Gasteiger partial charge < -0.3 is 26.4 Å². The Labute approximate surface area is 152 Å². The second-order valence-electron chi connectivity index (χ2n) is 5.63. The molecule has 140 valence electrons. The Balaban J connectivity index is 0.000000260. The van der Waals surface area contributed by atoms with Crippen LogP contribution in [-0.4, -0.2) is 41.3 Å². The maximum absolute atomic E-state index is 11.0. The summed E-state index contributed by atoms with van der Waals surface area (Å²) in [6.45, 7) is 0. The number of carboxylic acid groups (broad SMARTS) is 1. The lowest BCUT2D eigenvalue weighted by Gasteiger charge is -2.08. The maximum atomic E-state index is 11.0. The highest BCUT2D eigenvalue weighted by atomic mass is 16.5. The Hall–Kier alpha value is -2.90. The van der Waals surface area contributed by atoms with E-state index in [1.165, 1.54) is 19.2 Å². The van der Waals surface area contributed by atoms with Gasteiger partial charge in [0.15, 0.2) is 0 Å². The molecular formula is C19H24N2O5. The van der Waals surface area contributed by atoms with Crippen LogP contribution in [0, 0.1) is 0 Å². The number of ether oxygens (including phenoxy) is 1. The predicted octanol–water partition coefficient (Wildman–Crippen LogP) is 1.08. The van der Waals surface area contributed by atoms with E-state index in [1.54, 1.807) is 12.1 Å². The fraction of sp³-hybridized carbons (Fsp3) is 0.263. The molecule has 0 radical (unpaired) electrons. The number of hydrogen-bond acceptors (Lipinski definition) is 6. The van der Waals surface area contributed by atoms with E-state index < -0.39 is 18.1 Å². The molecule has 7 heteroatoms. The van der Waals surface area contributed by atoms with E-state index in [1.807, 2.05) is 30.3 Å². The molecule has 26 heavy (non-hydrogen) atoms. The summed E-state index contributed by atoms with van der Waals surface area (Å²) < 4.78 is 4.52. The Bertz CT molecular complexity index is 689. The summed E-state index contributed by atoms with van der Waals surface area (Å²) in [5, 5.41) is 17.5. The molecule has 0 heterocycles. The van der Waals surface area contributed by atoms with Gasteiger partial charge in [-0.2, -0.15) is 0 Å². The van der Waals surface area contributed by atoms with Gasteiger partial charge in [0.2, 0.25) is 0 Å². The third-order valence-corrected chi connectivity index (χ3v) is 3.51. The minimum atomic E-state index is -1.02. The molecule has 7 nitrogen and oxygen atoms in total. The molecule has 0 aromatic heterocycles. The lowest BCUT2D eigenvalue weighted by molar-refractivity contribution is -0.142. The van der Waals surface area contributed by atoms with Gasteiger partial charge in [-0.05, 0) is 36.1 Å². The summed E-state index contributed by atoms with van der Waals surface area (Å²) in [4.78, 5) is 21.4. The van der Waals surface area contributed by atoms with E-state index in [0.717, 1.165) is 11.1 Å². The molecular weight excluding hydrogens is 336 g/mol. The highest BCUT2D eigenvalue weighted by Crippen LogP contribution is 2.10. The highest BCUT2D eigenvalue weighted by Gasteiger charge is 2.13. The van der Waals surface area contributed by atoms with Gasteiger partial charge in [-0.1, -0.05) is 42.5 Å². The van der Waals surface area contributed by atoms with Crippen molar-refractivity contribution in [2.75, 3.05) is 7.11 Å². The number of carbonyl (C=O) groups excluding carboxylic acids is 1. The molecule has 2 rings (SSSR count). The van der Waals surface area contributed by atoms with Crippen molar-refractivity contribution >= 4 is 11.9 Å². The molecule has 0 spiro atoms. The van der Waals surface area contributed by atoms with Crippen LogP contribution in [0.2, 0.25) is 0 Å². The van der Waals surface area contributed by atoms with Crippen molar-refractivity contribution in [2.45, 2.75) is 24.9 Å². The number of rotatable bonds is 6. The first kappa shape index (κ1) is 21.1. The first-order valence-corrected chi connectivity index (χ1v) is 7.97. The molecule has 0 saturated carbocycles. The zero-order valence-electron chi connectivity index (χ0n) is 14.5. The van der Waals surface area contributed by atoms with Crippen LogP contribution in [0.5, 0.6) is 5.75 Å². The molecule has 2 aromatic rings. The molecule has 0 aliphatic carbocycles. The zero-order valence-corrected chi connectivity index (χ0v) is 14.5. The maximum Gasteiger partial charge on any atom is 0.322 e. The van der Waals surface area contributed by atoms with Crippen LogP contribution < -0.4 is 11.5 Å². The number of carboxylic acids is 1. The SMILES string of the molecule is COC(=O)C(N)Cc1ccccc1.NC(Cc1ccc(O)cc1)C(=O)O. The summed E-state index contributed by atoms with van der Waals surface area (Å²) in [6, 6.07) is 14.5. The molecule has 6 N–H and O–H groups in total. The quantitative estimate of drug-likeness (QED) is 0.566. The number of aliphatic carboxylic acids is 1. The van der Waals surface area contributed by atoms with Crippen LogP contribution in [0.3, 0.4) is 0 Å². The number of phenolic OH excluding ortho intramolecular Hbond substituents is 1. The number of carbonyl (C=O) groups is 2. The Morgan fingerprint density at radius 2 is 1.42 bits per heavy atom. The molecule has 0 fully saturated rings. The molecule has 0 aliphatic heterocycles. The fourth-order valence-corrected chi connectivity index (χ4v) is 2.08. The monoisotopic (exact) mass is 360 g/mol. The standard InChI is InChI=1S/C10H13NO2.C9H11NO3/c1-13-10(12)9(11)7-8-5-3-2-4-6-8;10-8(9(12)13)5-6-1-3-7(11)4-2-6/h2-6,9H,7,11H2,1H3;1-4,8,11H,5,10H2,(H,12,13). The third kappa shape index (κ3) is 7.78.